The summed E-state index contributed by atoms with van der Waals surface area (Å²) < 4.78 is 22.7. The molecule has 2 saturated heterocycles. The zero-order valence-electron chi connectivity index (χ0n) is 18.5. The lowest BCUT2D eigenvalue weighted by Crippen LogP contribution is -2.57. The second kappa shape index (κ2) is 8.47. The van der Waals surface area contributed by atoms with E-state index in [0.717, 1.165) is 38.5 Å². The number of hydrogen-bond donors (Lipinski definition) is 0. The Hall–Kier alpha value is -2.90. The predicted molar refractivity (Wildman–Crippen MR) is 112 cm³/mol. The minimum Gasteiger partial charge on any atom is -0.422 e. The summed E-state index contributed by atoms with van der Waals surface area (Å²) in [6, 6.07) is 8.53. The van der Waals surface area contributed by atoms with Crippen molar-refractivity contribution in [3.63, 3.8) is 0 Å². The number of benzene rings is 1. The second-order valence-electron chi connectivity index (χ2n) is 9.52. The normalized spacial score (nSPS) is 27.9. The van der Waals surface area contributed by atoms with Gasteiger partial charge in [0.05, 0.1) is 0 Å². The van der Waals surface area contributed by atoms with Gasteiger partial charge in [-0.15, -0.1) is 0 Å². The highest BCUT2D eigenvalue weighted by molar-refractivity contribution is 6.03. The smallest absolute Gasteiger partial charge is 0.324 e. The summed E-state index contributed by atoms with van der Waals surface area (Å²) in [6.07, 6.45) is 6.91. The quantitative estimate of drug-likeness (QED) is 0.503. The van der Waals surface area contributed by atoms with Gasteiger partial charge in [0.15, 0.2) is 11.8 Å². The van der Waals surface area contributed by atoms with Crippen LogP contribution >= 0.6 is 0 Å². The van der Waals surface area contributed by atoms with Crippen LogP contribution in [0.3, 0.4) is 0 Å². The fraction of sp³-hybridized carbons (Fsp3) is 0.600. The first-order valence-corrected chi connectivity index (χ1v) is 11.9. The molecule has 0 atom stereocenters. The summed E-state index contributed by atoms with van der Waals surface area (Å²) in [7, 11) is 0. The van der Waals surface area contributed by atoms with Crippen molar-refractivity contribution in [3.8, 4) is 0 Å². The Balaban J connectivity index is 1.47. The molecule has 2 saturated carbocycles. The van der Waals surface area contributed by atoms with Crippen LogP contribution in [-0.2, 0) is 38.1 Å². The first-order valence-electron chi connectivity index (χ1n) is 11.9. The fourth-order valence-electron chi connectivity index (χ4n) is 5.65. The van der Waals surface area contributed by atoms with E-state index >= 15 is 0 Å². The summed E-state index contributed by atoms with van der Waals surface area (Å²) in [4.78, 5) is 52.9. The van der Waals surface area contributed by atoms with Gasteiger partial charge in [-0.05, 0) is 31.2 Å². The van der Waals surface area contributed by atoms with Gasteiger partial charge in [-0.3, -0.25) is 19.2 Å². The summed E-state index contributed by atoms with van der Waals surface area (Å²) >= 11 is 0. The van der Waals surface area contributed by atoms with Crippen LogP contribution in [0.15, 0.2) is 30.3 Å². The third kappa shape index (κ3) is 4.00. The highest BCUT2D eigenvalue weighted by Gasteiger charge is 2.59. The molecule has 8 heteroatoms. The molecule has 0 amide bonds. The number of esters is 4. The minimum absolute atomic E-state index is 0.448. The molecule has 33 heavy (non-hydrogen) atoms. The van der Waals surface area contributed by atoms with Crippen molar-refractivity contribution < 1.29 is 38.1 Å². The molecule has 176 valence electrons. The first kappa shape index (κ1) is 21.9. The lowest BCUT2D eigenvalue weighted by molar-refractivity contribution is -0.268. The molecule has 1 aromatic carbocycles. The van der Waals surface area contributed by atoms with Gasteiger partial charge in [-0.2, -0.15) is 0 Å². The zero-order chi connectivity index (χ0) is 23.1. The van der Waals surface area contributed by atoms with Crippen LogP contribution in [-0.4, -0.2) is 35.5 Å². The molecule has 2 spiro atoms. The molecule has 0 unspecified atom stereocenters. The molecule has 0 N–H and O–H groups in total. The second-order valence-corrected chi connectivity index (χ2v) is 9.52. The Labute approximate surface area is 191 Å². The highest BCUT2D eigenvalue weighted by Crippen LogP contribution is 2.46. The van der Waals surface area contributed by atoms with E-state index in [-0.39, 0.29) is 0 Å². The third-order valence-electron chi connectivity index (χ3n) is 7.30. The van der Waals surface area contributed by atoms with Crippen molar-refractivity contribution in [1.82, 2.24) is 0 Å². The molecule has 0 bridgehead atoms. The predicted octanol–water partition coefficient (Wildman–Crippen LogP) is 3.52. The molecule has 5 rings (SSSR count). The Kier molecular flexibility index (Phi) is 5.62. The van der Waals surface area contributed by atoms with Gasteiger partial charge in [0.25, 0.3) is 11.6 Å². The van der Waals surface area contributed by atoms with Crippen LogP contribution in [0.25, 0.3) is 0 Å². The van der Waals surface area contributed by atoms with Crippen molar-refractivity contribution in [3.05, 3.63) is 35.9 Å². The monoisotopic (exact) mass is 456 g/mol. The Bertz CT molecular complexity index is 844. The molecule has 2 aliphatic carbocycles. The summed E-state index contributed by atoms with van der Waals surface area (Å²) in [6.45, 7) is 0. The Morgan fingerprint density at radius 1 is 0.576 bits per heavy atom. The van der Waals surface area contributed by atoms with E-state index in [1.54, 1.807) is 30.3 Å². The SMILES string of the molecule is O=C1OC2(CCCCC2)OC(=O)C1C(c1ccccc1)C1C(=O)OC2(CCCCC2)OC1=O. The van der Waals surface area contributed by atoms with Crippen molar-refractivity contribution >= 4 is 23.9 Å². The molecule has 4 aliphatic rings. The molecule has 4 fully saturated rings. The standard InChI is InChI=1S/C25H28O8/c26-20-18(21(27)31-24(30-20)12-6-2-7-13-24)17(16-10-4-1-5-11-16)19-22(28)32-25(33-23(19)29)14-8-3-9-15-25/h1,4-5,10-11,17-19H,2-3,6-9,12-15H2. The number of rotatable bonds is 3. The van der Waals surface area contributed by atoms with E-state index in [4.69, 9.17) is 18.9 Å². The maximum Gasteiger partial charge on any atom is 0.324 e. The van der Waals surface area contributed by atoms with Gasteiger partial charge >= 0.3 is 23.9 Å². The van der Waals surface area contributed by atoms with Crippen LogP contribution in [0, 0.1) is 11.8 Å². The van der Waals surface area contributed by atoms with Crippen LogP contribution < -0.4 is 0 Å². The maximum absolute atomic E-state index is 13.2. The Morgan fingerprint density at radius 2 is 0.939 bits per heavy atom. The summed E-state index contributed by atoms with van der Waals surface area (Å²) in [5.41, 5.74) is 0.467. The molecule has 8 nitrogen and oxygen atoms in total. The summed E-state index contributed by atoms with van der Waals surface area (Å²) in [5, 5.41) is 0. The largest absolute Gasteiger partial charge is 0.422 e. The fourth-order valence-corrected chi connectivity index (χ4v) is 5.65. The van der Waals surface area contributed by atoms with Gasteiger partial charge in [0, 0.05) is 31.6 Å². The average molecular weight is 456 g/mol. The van der Waals surface area contributed by atoms with Crippen LogP contribution in [0.1, 0.15) is 75.7 Å². The zero-order valence-corrected chi connectivity index (χ0v) is 18.5. The van der Waals surface area contributed by atoms with E-state index < -0.39 is 53.2 Å². The number of carbonyl (C=O) groups excluding carboxylic acids is 4. The molecule has 0 aromatic heterocycles. The van der Waals surface area contributed by atoms with E-state index in [0.29, 0.717) is 31.2 Å². The van der Waals surface area contributed by atoms with Crippen LogP contribution in [0.4, 0.5) is 0 Å². The van der Waals surface area contributed by atoms with Crippen molar-refractivity contribution in [2.75, 3.05) is 0 Å². The van der Waals surface area contributed by atoms with Gasteiger partial charge in [0.1, 0.15) is 0 Å². The van der Waals surface area contributed by atoms with Gasteiger partial charge in [-0.25, -0.2) is 0 Å². The minimum atomic E-state index is -1.47. The lowest BCUT2D eigenvalue weighted by atomic mass is 9.75. The molecule has 0 radical (unpaired) electrons. The van der Waals surface area contributed by atoms with Gasteiger partial charge in [0.2, 0.25) is 0 Å². The van der Waals surface area contributed by atoms with Crippen molar-refractivity contribution in [2.45, 2.75) is 81.7 Å². The molecular weight excluding hydrogens is 428 g/mol. The van der Waals surface area contributed by atoms with Crippen molar-refractivity contribution in [2.24, 2.45) is 11.8 Å². The lowest BCUT2D eigenvalue weighted by Gasteiger charge is -2.45. The number of hydrogen-bond acceptors (Lipinski definition) is 8. The topological polar surface area (TPSA) is 105 Å². The van der Waals surface area contributed by atoms with E-state index in [1.807, 2.05) is 0 Å². The molecular formula is C25H28O8. The van der Waals surface area contributed by atoms with E-state index in [1.165, 1.54) is 0 Å². The van der Waals surface area contributed by atoms with Gasteiger partial charge in [-0.1, -0.05) is 43.2 Å². The van der Waals surface area contributed by atoms with Gasteiger partial charge < -0.3 is 18.9 Å². The number of carbonyl (C=O) groups is 4. The number of ether oxygens (including phenoxy) is 4. The molecule has 1 aromatic rings. The Morgan fingerprint density at radius 3 is 1.30 bits per heavy atom. The first-order chi connectivity index (χ1) is 15.9. The highest BCUT2D eigenvalue weighted by atomic mass is 16.8. The average Bonchev–Trinajstić information content (AvgIpc) is 2.78. The van der Waals surface area contributed by atoms with Crippen molar-refractivity contribution in [1.29, 1.82) is 0 Å². The third-order valence-corrected chi connectivity index (χ3v) is 7.30. The van der Waals surface area contributed by atoms with E-state index in [2.05, 4.69) is 0 Å². The summed E-state index contributed by atoms with van der Waals surface area (Å²) in [5.74, 6) is -9.68. The molecule has 2 heterocycles. The van der Waals surface area contributed by atoms with Crippen LogP contribution in [0.5, 0.6) is 0 Å². The molecule has 2 aliphatic heterocycles. The maximum atomic E-state index is 13.2. The van der Waals surface area contributed by atoms with E-state index in [9.17, 15) is 19.2 Å². The van der Waals surface area contributed by atoms with Crippen LogP contribution in [0.2, 0.25) is 0 Å².